The highest BCUT2D eigenvalue weighted by Crippen LogP contribution is 2.22. The normalized spacial score (nSPS) is 14.2. The Balaban J connectivity index is 0.000000680. The Morgan fingerprint density at radius 2 is 1.84 bits per heavy atom. The number of aliphatic carboxylic acids is 1. The molecular weight excluding hydrogens is 346 g/mol. The smallest absolute Gasteiger partial charge is 0.318 e. The first-order chi connectivity index (χ1) is 11.8. The molecule has 0 saturated carbocycles. The fourth-order valence-electron chi connectivity index (χ4n) is 1.81. The number of hydrogen-bond acceptors (Lipinski definition) is 6. The number of ether oxygens (including phenoxy) is 1. The van der Waals surface area contributed by atoms with Crippen molar-refractivity contribution in [3.63, 3.8) is 0 Å². The van der Waals surface area contributed by atoms with Gasteiger partial charge in [-0.25, -0.2) is 0 Å². The van der Waals surface area contributed by atoms with Crippen LogP contribution in [-0.4, -0.2) is 53.4 Å². The average molecular weight is 367 g/mol. The number of esters is 1. The molecule has 0 aromatic heterocycles. The minimum absolute atomic E-state index is 0.167. The average Bonchev–Trinajstić information content (AvgIpc) is 3.40. The summed E-state index contributed by atoms with van der Waals surface area (Å²) in [5.41, 5.74) is 0.482. The molecule has 1 aromatic carbocycles. The second-order valence-electron chi connectivity index (χ2n) is 5.30. The fraction of sp³-hybridized carbons (Fsp3) is 0.412. The third-order valence-electron chi connectivity index (χ3n) is 3.25. The number of Topliss-reactive ketones (excluding diaryl/α,β-unsaturated/α-hetero) is 1. The molecule has 25 heavy (non-hydrogen) atoms. The number of benzene rings is 1. The van der Waals surface area contributed by atoms with Crippen LogP contribution in [0.15, 0.2) is 30.3 Å². The van der Waals surface area contributed by atoms with Gasteiger partial charge < -0.3 is 15.2 Å². The summed E-state index contributed by atoms with van der Waals surface area (Å²) in [6, 6.07) is 8.57. The van der Waals surface area contributed by atoms with Crippen molar-refractivity contribution >= 4 is 35.4 Å². The Bertz CT molecular complexity index is 613. The maximum absolute atomic E-state index is 12.3. The number of ketones is 1. The quantitative estimate of drug-likeness (QED) is 0.404. The number of carbonyl (C=O) groups is 4. The van der Waals surface area contributed by atoms with Crippen LogP contribution in [0, 0.1) is 5.92 Å². The lowest BCUT2D eigenvalue weighted by Gasteiger charge is -2.15. The summed E-state index contributed by atoms with van der Waals surface area (Å²) in [5.74, 6) is -1.88. The maximum atomic E-state index is 12.3. The highest BCUT2D eigenvalue weighted by atomic mass is 32.2. The van der Waals surface area contributed by atoms with Gasteiger partial charge in [0.15, 0.2) is 5.78 Å². The molecule has 0 spiro atoms. The number of nitrogens with one attached hydrogen (secondary N) is 1. The van der Waals surface area contributed by atoms with Gasteiger partial charge in [0.1, 0.15) is 0 Å². The van der Waals surface area contributed by atoms with E-state index in [0.29, 0.717) is 12.1 Å². The van der Waals surface area contributed by atoms with Crippen molar-refractivity contribution < 1.29 is 29.0 Å². The molecule has 1 fully saturated rings. The van der Waals surface area contributed by atoms with Gasteiger partial charge >= 0.3 is 11.9 Å². The second-order valence-corrected chi connectivity index (χ2v) is 6.67. The highest BCUT2D eigenvalue weighted by molar-refractivity contribution is 8.00. The van der Waals surface area contributed by atoms with Crippen molar-refractivity contribution in [2.24, 2.45) is 5.92 Å². The van der Waals surface area contributed by atoms with Crippen LogP contribution in [0.5, 0.6) is 0 Å². The number of hydrogen-bond donors (Lipinski definition) is 2. The van der Waals surface area contributed by atoms with E-state index < -0.39 is 17.1 Å². The second kappa shape index (κ2) is 10.5. The third-order valence-corrected chi connectivity index (χ3v) is 4.54. The standard InChI is InChI=1S/C15H18O5S.C2H3NO/c1-10(15(19)20-2)21-9-12(8-13(16)17)14(18)11-6-4-3-5-7-11;4-2-1-3-2/h3-7,10,12H,8-9H2,1-2H3,(H,16,17);1H2,(H,3,4). The zero-order valence-corrected chi connectivity index (χ0v) is 14.9. The Morgan fingerprint density at radius 1 is 1.28 bits per heavy atom. The zero-order chi connectivity index (χ0) is 18.8. The van der Waals surface area contributed by atoms with E-state index in [0.717, 1.165) is 0 Å². The Hall–Kier alpha value is -2.35. The molecule has 1 aromatic rings. The lowest BCUT2D eigenvalue weighted by Crippen LogP contribution is -2.24. The molecule has 0 aliphatic carbocycles. The van der Waals surface area contributed by atoms with Crippen molar-refractivity contribution in [3.05, 3.63) is 35.9 Å². The third kappa shape index (κ3) is 8.35. The van der Waals surface area contributed by atoms with Crippen LogP contribution in [0.2, 0.25) is 0 Å². The van der Waals surface area contributed by atoms with Crippen LogP contribution >= 0.6 is 11.8 Å². The van der Waals surface area contributed by atoms with Crippen LogP contribution in [0.1, 0.15) is 23.7 Å². The van der Waals surface area contributed by atoms with Crippen molar-refractivity contribution in [1.82, 2.24) is 5.32 Å². The molecular formula is C17H21NO6S. The molecule has 1 saturated heterocycles. The van der Waals surface area contributed by atoms with E-state index >= 15 is 0 Å². The van der Waals surface area contributed by atoms with E-state index in [2.05, 4.69) is 10.1 Å². The number of amides is 1. The van der Waals surface area contributed by atoms with Gasteiger partial charge in [-0.05, 0) is 6.92 Å². The fourth-order valence-corrected chi connectivity index (χ4v) is 2.83. The van der Waals surface area contributed by atoms with Crippen LogP contribution in [0.4, 0.5) is 0 Å². The molecule has 7 nitrogen and oxygen atoms in total. The molecule has 2 N–H and O–H groups in total. The predicted molar refractivity (Wildman–Crippen MR) is 93.5 cm³/mol. The largest absolute Gasteiger partial charge is 0.481 e. The molecule has 0 radical (unpaired) electrons. The molecule has 1 amide bonds. The SMILES string of the molecule is COC(=O)C(C)SCC(CC(=O)O)C(=O)c1ccccc1.O=C1CN1. The van der Waals surface area contributed by atoms with Crippen molar-refractivity contribution in [1.29, 1.82) is 0 Å². The first-order valence-corrected chi connectivity index (χ1v) is 8.67. The summed E-state index contributed by atoms with van der Waals surface area (Å²) in [4.78, 5) is 44.1. The first kappa shape index (κ1) is 20.7. The number of carboxylic acids is 1. The summed E-state index contributed by atoms with van der Waals surface area (Å²) >= 11 is 1.22. The Labute approximate surface area is 150 Å². The topological polar surface area (TPSA) is 120 Å². The van der Waals surface area contributed by atoms with E-state index in [1.54, 1.807) is 37.3 Å². The summed E-state index contributed by atoms with van der Waals surface area (Å²) in [6.45, 7) is 2.27. The lowest BCUT2D eigenvalue weighted by atomic mass is 9.96. The number of carboxylic acid groups (broad SMARTS) is 1. The molecule has 0 bridgehead atoms. The van der Waals surface area contributed by atoms with E-state index in [1.165, 1.54) is 18.9 Å². The van der Waals surface area contributed by atoms with Crippen LogP contribution < -0.4 is 5.32 Å². The van der Waals surface area contributed by atoms with Gasteiger partial charge in [0, 0.05) is 17.2 Å². The van der Waals surface area contributed by atoms with Gasteiger partial charge in [0.25, 0.3) is 0 Å². The van der Waals surface area contributed by atoms with Gasteiger partial charge in [0.2, 0.25) is 5.91 Å². The number of rotatable bonds is 8. The van der Waals surface area contributed by atoms with Crippen LogP contribution in [0.3, 0.4) is 0 Å². The number of thioether (sulfide) groups is 1. The van der Waals surface area contributed by atoms with Gasteiger partial charge in [-0.15, -0.1) is 11.8 Å². The Morgan fingerprint density at radius 3 is 2.28 bits per heavy atom. The minimum atomic E-state index is -1.03. The van der Waals surface area contributed by atoms with Gasteiger partial charge in [-0.2, -0.15) is 0 Å². The van der Waals surface area contributed by atoms with Crippen LogP contribution in [0.25, 0.3) is 0 Å². The minimum Gasteiger partial charge on any atom is -0.481 e. The summed E-state index contributed by atoms with van der Waals surface area (Å²) < 4.78 is 4.61. The lowest BCUT2D eigenvalue weighted by molar-refractivity contribution is -0.139. The molecule has 136 valence electrons. The van der Waals surface area contributed by atoms with Crippen molar-refractivity contribution in [2.45, 2.75) is 18.6 Å². The van der Waals surface area contributed by atoms with Gasteiger partial charge in [0.05, 0.1) is 25.3 Å². The molecule has 1 aliphatic heterocycles. The highest BCUT2D eigenvalue weighted by Gasteiger charge is 2.25. The monoisotopic (exact) mass is 367 g/mol. The molecule has 2 atom stereocenters. The molecule has 2 unspecified atom stereocenters. The van der Waals surface area contributed by atoms with Crippen molar-refractivity contribution in [3.8, 4) is 0 Å². The van der Waals surface area contributed by atoms with E-state index in [1.807, 2.05) is 0 Å². The number of methoxy groups -OCH3 is 1. The predicted octanol–water partition coefficient (Wildman–Crippen LogP) is 1.37. The summed E-state index contributed by atoms with van der Waals surface area (Å²) in [6.07, 6.45) is -0.255. The van der Waals surface area contributed by atoms with E-state index in [9.17, 15) is 19.2 Å². The zero-order valence-electron chi connectivity index (χ0n) is 14.1. The van der Waals surface area contributed by atoms with E-state index in [-0.39, 0.29) is 29.8 Å². The number of carbonyl (C=O) groups excluding carboxylic acids is 3. The van der Waals surface area contributed by atoms with Gasteiger partial charge in [-0.1, -0.05) is 30.3 Å². The molecule has 2 rings (SSSR count). The molecule has 8 heteroatoms. The summed E-state index contributed by atoms with van der Waals surface area (Å²) in [7, 11) is 1.29. The maximum Gasteiger partial charge on any atom is 0.318 e. The Kier molecular flexibility index (Phi) is 8.69. The van der Waals surface area contributed by atoms with Gasteiger partial charge in [-0.3, -0.25) is 19.2 Å². The molecule has 1 aliphatic rings. The summed E-state index contributed by atoms with van der Waals surface area (Å²) in [5, 5.41) is 11.0. The first-order valence-electron chi connectivity index (χ1n) is 7.62. The van der Waals surface area contributed by atoms with Crippen molar-refractivity contribution in [2.75, 3.05) is 19.4 Å². The molecule has 1 heterocycles. The van der Waals surface area contributed by atoms with E-state index in [4.69, 9.17) is 5.11 Å². The van der Waals surface area contributed by atoms with Crippen LogP contribution in [-0.2, 0) is 19.1 Å².